The van der Waals surface area contributed by atoms with E-state index >= 15 is 0 Å². The lowest BCUT2D eigenvalue weighted by Crippen LogP contribution is -2.50. The molecule has 0 radical (unpaired) electrons. The van der Waals surface area contributed by atoms with Crippen LogP contribution in [0.3, 0.4) is 0 Å². The molecule has 6 heteroatoms. The number of rotatable bonds is 4. The molecule has 6 nitrogen and oxygen atoms in total. The second-order valence-electron chi connectivity index (χ2n) is 7.40. The molecular weight excluding hydrogens is 326 g/mol. The van der Waals surface area contributed by atoms with Crippen LogP contribution in [0.15, 0.2) is 41.2 Å². The van der Waals surface area contributed by atoms with E-state index in [1.165, 1.54) is 19.4 Å². The van der Waals surface area contributed by atoms with E-state index < -0.39 is 0 Å². The number of anilines is 1. The maximum absolute atomic E-state index is 11.9. The molecule has 2 aliphatic rings. The molecule has 1 aromatic heterocycles. The molecule has 0 spiro atoms. The third-order valence-electron chi connectivity index (χ3n) is 5.69. The Kier molecular flexibility index (Phi) is 5.04. The number of nitrogens with one attached hydrogen (secondary N) is 1. The zero-order valence-corrected chi connectivity index (χ0v) is 15.4. The standard InChI is InChI=1S/C20H27N5O/c1-23-9-5-8-17(23)15-24-10-12-25(13-11-24)18-14-19(26)21-22-20(18)16-6-3-2-4-7-16/h2-4,6-7,14,17H,5,8-13,15H2,1H3,(H,21,26). The molecule has 0 amide bonds. The second-order valence-corrected chi connectivity index (χ2v) is 7.40. The van der Waals surface area contributed by atoms with E-state index in [1.54, 1.807) is 6.07 Å². The van der Waals surface area contributed by atoms with Crippen LogP contribution in [0.4, 0.5) is 5.69 Å². The maximum atomic E-state index is 11.9. The lowest BCUT2D eigenvalue weighted by atomic mass is 10.1. The van der Waals surface area contributed by atoms with Gasteiger partial charge in [-0.15, -0.1) is 0 Å². The van der Waals surface area contributed by atoms with Crippen molar-refractivity contribution in [2.45, 2.75) is 18.9 Å². The van der Waals surface area contributed by atoms with E-state index in [1.807, 2.05) is 30.3 Å². The fraction of sp³-hybridized carbons (Fsp3) is 0.500. The molecule has 1 aromatic carbocycles. The van der Waals surface area contributed by atoms with Crippen LogP contribution in [0.2, 0.25) is 0 Å². The number of hydrogen-bond donors (Lipinski definition) is 1. The number of likely N-dealkylation sites (tertiary alicyclic amines) is 1. The first-order valence-corrected chi connectivity index (χ1v) is 9.53. The highest BCUT2D eigenvalue weighted by molar-refractivity contribution is 5.74. The quantitative estimate of drug-likeness (QED) is 0.906. The number of piperazine rings is 1. The van der Waals surface area contributed by atoms with Crippen molar-refractivity contribution in [3.05, 3.63) is 46.8 Å². The van der Waals surface area contributed by atoms with Crippen LogP contribution in [0.25, 0.3) is 11.3 Å². The molecule has 138 valence electrons. The Morgan fingerprint density at radius 1 is 1.12 bits per heavy atom. The van der Waals surface area contributed by atoms with Crippen LogP contribution in [-0.2, 0) is 0 Å². The highest BCUT2D eigenvalue weighted by Crippen LogP contribution is 2.28. The average molecular weight is 353 g/mol. The third kappa shape index (κ3) is 3.66. The van der Waals surface area contributed by atoms with Gasteiger partial charge >= 0.3 is 0 Å². The second kappa shape index (κ2) is 7.60. The Bertz CT molecular complexity index is 782. The van der Waals surface area contributed by atoms with Gasteiger partial charge in [0.25, 0.3) is 5.56 Å². The summed E-state index contributed by atoms with van der Waals surface area (Å²) < 4.78 is 0. The fourth-order valence-electron chi connectivity index (χ4n) is 4.12. The van der Waals surface area contributed by atoms with Gasteiger partial charge in [-0.1, -0.05) is 30.3 Å². The Hall–Kier alpha value is -2.18. The molecule has 3 heterocycles. The molecule has 2 aromatic rings. The van der Waals surface area contributed by atoms with Crippen LogP contribution >= 0.6 is 0 Å². The van der Waals surface area contributed by atoms with E-state index in [-0.39, 0.29) is 5.56 Å². The molecule has 2 saturated heterocycles. The van der Waals surface area contributed by atoms with Crippen LogP contribution < -0.4 is 10.5 Å². The van der Waals surface area contributed by atoms with E-state index in [4.69, 9.17) is 0 Å². The number of aromatic amines is 1. The highest BCUT2D eigenvalue weighted by Gasteiger charge is 2.26. The van der Waals surface area contributed by atoms with Crippen molar-refractivity contribution in [1.82, 2.24) is 20.0 Å². The normalized spacial score (nSPS) is 22.0. The minimum atomic E-state index is -0.144. The van der Waals surface area contributed by atoms with E-state index in [9.17, 15) is 4.79 Å². The van der Waals surface area contributed by atoms with Gasteiger partial charge in [-0.2, -0.15) is 5.10 Å². The summed E-state index contributed by atoms with van der Waals surface area (Å²) in [6.45, 7) is 6.31. The first kappa shape index (κ1) is 17.2. The zero-order valence-electron chi connectivity index (χ0n) is 15.4. The van der Waals surface area contributed by atoms with Crippen LogP contribution in [0.1, 0.15) is 12.8 Å². The summed E-state index contributed by atoms with van der Waals surface area (Å²) in [5.41, 5.74) is 2.69. The molecule has 1 atom stereocenters. The Balaban J connectivity index is 1.47. The molecule has 0 saturated carbocycles. The van der Waals surface area contributed by atoms with Crippen LogP contribution in [0.5, 0.6) is 0 Å². The van der Waals surface area contributed by atoms with Gasteiger partial charge in [0.1, 0.15) is 5.69 Å². The largest absolute Gasteiger partial charge is 0.367 e. The van der Waals surface area contributed by atoms with Gasteiger partial charge in [0.05, 0.1) is 5.69 Å². The molecule has 26 heavy (non-hydrogen) atoms. The third-order valence-corrected chi connectivity index (χ3v) is 5.69. The number of likely N-dealkylation sites (N-methyl/N-ethyl adjacent to an activating group) is 1. The predicted molar refractivity (Wildman–Crippen MR) is 105 cm³/mol. The summed E-state index contributed by atoms with van der Waals surface area (Å²) in [5.74, 6) is 0. The van der Waals surface area contributed by atoms with Gasteiger partial charge in [0, 0.05) is 50.4 Å². The summed E-state index contributed by atoms with van der Waals surface area (Å²) in [6, 6.07) is 12.5. The predicted octanol–water partition coefficient (Wildman–Crippen LogP) is 1.65. The molecule has 4 rings (SSSR count). The highest BCUT2D eigenvalue weighted by atomic mass is 16.1. The number of aromatic nitrogens is 2. The van der Waals surface area contributed by atoms with Crippen LogP contribution in [0, 0.1) is 0 Å². The van der Waals surface area contributed by atoms with Gasteiger partial charge in [-0.3, -0.25) is 9.69 Å². The van der Waals surface area contributed by atoms with Crippen molar-refractivity contribution >= 4 is 5.69 Å². The molecule has 0 aliphatic carbocycles. The van der Waals surface area contributed by atoms with Gasteiger partial charge in [0.15, 0.2) is 0 Å². The smallest absolute Gasteiger partial charge is 0.266 e. The topological polar surface area (TPSA) is 55.5 Å². The van der Waals surface area contributed by atoms with Crippen LogP contribution in [-0.4, -0.2) is 72.4 Å². The Morgan fingerprint density at radius 3 is 2.58 bits per heavy atom. The Labute approximate surface area is 154 Å². The fourth-order valence-corrected chi connectivity index (χ4v) is 4.12. The summed E-state index contributed by atoms with van der Waals surface area (Å²) in [7, 11) is 2.24. The number of hydrogen-bond acceptors (Lipinski definition) is 5. The van der Waals surface area contributed by atoms with Gasteiger partial charge in [-0.25, -0.2) is 5.10 Å². The number of nitrogens with zero attached hydrogens (tertiary/aromatic N) is 4. The average Bonchev–Trinajstić information content (AvgIpc) is 3.08. The first-order chi connectivity index (χ1) is 12.7. The van der Waals surface area contributed by atoms with E-state index in [0.29, 0.717) is 6.04 Å². The minimum Gasteiger partial charge on any atom is -0.367 e. The molecular formula is C20H27N5O. The number of H-pyrrole nitrogens is 1. The number of benzene rings is 1. The SMILES string of the molecule is CN1CCCC1CN1CCN(c2cc(=O)[nH]nc2-c2ccccc2)CC1. The maximum Gasteiger partial charge on any atom is 0.266 e. The Morgan fingerprint density at radius 2 is 1.88 bits per heavy atom. The molecule has 0 bridgehead atoms. The lowest BCUT2D eigenvalue weighted by molar-refractivity contribution is 0.185. The van der Waals surface area contributed by atoms with Gasteiger partial charge in [-0.05, 0) is 26.4 Å². The van der Waals surface area contributed by atoms with Crippen molar-refractivity contribution in [1.29, 1.82) is 0 Å². The molecule has 2 aliphatic heterocycles. The van der Waals surface area contributed by atoms with Crippen molar-refractivity contribution < 1.29 is 0 Å². The van der Waals surface area contributed by atoms with Crippen molar-refractivity contribution in [3.63, 3.8) is 0 Å². The molecule has 1 unspecified atom stereocenters. The lowest BCUT2D eigenvalue weighted by Gasteiger charge is -2.38. The molecule has 2 fully saturated rings. The summed E-state index contributed by atoms with van der Waals surface area (Å²) in [6.07, 6.45) is 2.63. The molecule has 1 N–H and O–H groups in total. The van der Waals surface area contributed by atoms with Crippen molar-refractivity contribution in [2.24, 2.45) is 0 Å². The zero-order chi connectivity index (χ0) is 17.9. The van der Waals surface area contributed by atoms with E-state index in [2.05, 4.69) is 31.9 Å². The van der Waals surface area contributed by atoms with Crippen molar-refractivity contribution in [3.8, 4) is 11.3 Å². The van der Waals surface area contributed by atoms with Gasteiger partial charge < -0.3 is 9.80 Å². The minimum absolute atomic E-state index is 0.144. The van der Waals surface area contributed by atoms with E-state index in [0.717, 1.165) is 49.7 Å². The van der Waals surface area contributed by atoms with Crippen molar-refractivity contribution in [2.75, 3.05) is 51.2 Å². The monoisotopic (exact) mass is 353 g/mol. The first-order valence-electron chi connectivity index (χ1n) is 9.53. The van der Waals surface area contributed by atoms with Gasteiger partial charge in [0.2, 0.25) is 0 Å². The summed E-state index contributed by atoms with van der Waals surface area (Å²) in [4.78, 5) is 19.2. The summed E-state index contributed by atoms with van der Waals surface area (Å²) in [5, 5.41) is 6.93. The summed E-state index contributed by atoms with van der Waals surface area (Å²) >= 11 is 0.